The Morgan fingerprint density at radius 1 is 1.40 bits per heavy atom. The molecule has 0 saturated carbocycles. The molecule has 1 rings (SSSR count). The van der Waals surface area contributed by atoms with E-state index in [2.05, 4.69) is 15.9 Å². The molecule has 0 fully saturated rings. The van der Waals surface area contributed by atoms with E-state index in [0.717, 1.165) is 11.3 Å². The average molecular weight is 301 g/mol. The van der Waals surface area contributed by atoms with Crippen LogP contribution in [0.3, 0.4) is 0 Å². The van der Waals surface area contributed by atoms with Gasteiger partial charge >= 0.3 is 6.18 Å². The predicted molar refractivity (Wildman–Crippen MR) is 52.4 cm³/mol. The highest BCUT2D eigenvalue weighted by Crippen LogP contribution is 2.24. The largest absolute Gasteiger partial charge is 0.451 e. The van der Waals surface area contributed by atoms with Gasteiger partial charge in [0.25, 0.3) is 5.78 Å². The zero-order valence-electron chi connectivity index (χ0n) is 7.05. The lowest BCUT2D eigenvalue weighted by Gasteiger charge is -2.08. The lowest BCUT2D eigenvalue weighted by molar-refractivity contribution is -0.169. The summed E-state index contributed by atoms with van der Waals surface area (Å²) in [6.07, 6.45) is -5.00. The fourth-order valence-electron chi connectivity index (χ4n) is 0.806. The van der Waals surface area contributed by atoms with Gasteiger partial charge < -0.3 is 0 Å². The van der Waals surface area contributed by atoms with Crippen molar-refractivity contribution in [3.63, 3.8) is 0 Å². The molecule has 1 aromatic heterocycles. The Hall–Kier alpha value is -0.690. The van der Waals surface area contributed by atoms with E-state index in [1.54, 1.807) is 5.38 Å². The van der Waals surface area contributed by atoms with Gasteiger partial charge in [0, 0.05) is 0 Å². The van der Waals surface area contributed by atoms with Gasteiger partial charge in [-0.1, -0.05) is 22.0 Å². The van der Waals surface area contributed by atoms with Crippen molar-refractivity contribution in [3.8, 4) is 0 Å². The van der Waals surface area contributed by atoms with E-state index in [0.29, 0.717) is 0 Å². The Bertz CT molecular complexity index is 372. The Morgan fingerprint density at radius 2 is 2.00 bits per heavy atom. The van der Waals surface area contributed by atoms with Gasteiger partial charge in [-0.15, -0.1) is 11.3 Å². The highest BCUT2D eigenvalue weighted by atomic mass is 79.9. The number of carbonyl (C=O) groups excluding carboxylic acids is 2. The van der Waals surface area contributed by atoms with Crippen molar-refractivity contribution < 1.29 is 22.8 Å². The topological polar surface area (TPSA) is 34.1 Å². The quantitative estimate of drug-likeness (QED) is 0.489. The minimum Gasteiger partial charge on any atom is -0.291 e. The molecule has 0 saturated heterocycles. The molecule has 1 aromatic rings. The fourth-order valence-corrected chi connectivity index (χ4v) is 2.16. The van der Waals surface area contributed by atoms with Crippen molar-refractivity contribution in [1.82, 2.24) is 0 Å². The number of Topliss-reactive ketones (excluding diaryl/α,β-unsaturated/α-hetero) is 2. The average Bonchev–Trinajstić information content (AvgIpc) is 2.65. The molecule has 82 valence electrons. The minimum absolute atomic E-state index is 0.120. The molecule has 7 heteroatoms. The highest BCUT2D eigenvalue weighted by molar-refractivity contribution is 9.10. The normalized spacial score (nSPS) is 13.6. The summed E-state index contributed by atoms with van der Waals surface area (Å²) in [7, 11) is 0. The number of alkyl halides is 4. The molecule has 0 N–H and O–H groups in total. The van der Waals surface area contributed by atoms with Gasteiger partial charge in [0.05, 0.1) is 4.88 Å². The van der Waals surface area contributed by atoms with E-state index in [1.807, 2.05) is 0 Å². The molecule has 0 radical (unpaired) electrons. The van der Waals surface area contributed by atoms with Crippen LogP contribution in [0.2, 0.25) is 0 Å². The second-order valence-electron chi connectivity index (χ2n) is 2.57. The van der Waals surface area contributed by atoms with Gasteiger partial charge in [0.15, 0.2) is 5.78 Å². The molecular weight excluding hydrogens is 297 g/mol. The summed E-state index contributed by atoms with van der Waals surface area (Å²) in [6.45, 7) is 0. The summed E-state index contributed by atoms with van der Waals surface area (Å²) in [5.74, 6) is -2.95. The van der Waals surface area contributed by atoms with Crippen LogP contribution >= 0.6 is 27.3 Å². The van der Waals surface area contributed by atoms with Crippen molar-refractivity contribution >= 4 is 38.8 Å². The summed E-state index contributed by atoms with van der Waals surface area (Å²) >= 11 is 3.44. The SMILES string of the molecule is O=C(c1cccs1)C(Br)C(=O)C(F)(F)F. The Labute approximate surface area is 95.2 Å². The monoisotopic (exact) mass is 300 g/mol. The number of rotatable bonds is 3. The van der Waals surface area contributed by atoms with E-state index >= 15 is 0 Å². The summed E-state index contributed by atoms with van der Waals surface area (Å²) < 4.78 is 35.9. The zero-order chi connectivity index (χ0) is 11.6. The Morgan fingerprint density at radius 3 is 2.40 bits per heavy atom. The van der Waals surface area contributed by atoms with Crippen LogP contribution < -0.4 is 0 Å². The van der Waals surface area contributed by atoms with Crippen molar-refractivity contribution in [3.05, 3.63) is 22.4 Å². The molecule has 0 aliphatic heterocycles. The van der Waals surface area contributed by atoms with Crippen LogP contribution in [0.25, 0.3) is 0 Å². The minimum atomic E-state index is -5.00. The first-order chi connectivity index (χ1) is 6.84. The van der Waals surface area contributed by atoms with Crippen LogP contribution in [0.4, 0.5) is 13.2 Å². The standard InChI is InChI=1S/C8H4BrF3O2S/c9-5(7(14)8(10,11)12)6(13)4-2-1-3-15-4/h1-3,5H. The predicted octanol–water partition coefficient (Wildman–Crippen LogP) is 2.83. The van der Waals surface area contributed by atoms with Crippen LogP contribution in [0.15, 0.2) is 17.5 Å². The molecule has 2 nitrogen and oxygen atoms in total. The molecule has 0 aromatic carbocycles. The van der Waals surface area contributed by atoms with Crippen LogP contribution in [0.5, 0.6) is 0 Å². The molecule has 15 heavy (non-hydrogen) atoms. The highest BCUT2D eigenvalue weighted by Gasteiger charge is 2.45. The third kappa shape index (κ3) is 2.88. The number of thiophene rings is 1. The van der Waals surface area contributed by atoms with Crippen LogP contribution in [0, 0.1) is 0 Å². The molecule has 1 unspecified atom stereocenters. The summed E-state index contributed by atoms with van der Waals surface area (Å²) in [5.41, 5.74) is 0. The van der Waals surface area contributed by atoms with E-state index in [4.69, 9.17) is 0 Å². The zero-order valence-corrected chi connectivity index (χ0v) is 9.45. The lowest BCUT2D eigenvalue weighted by atomic mass is 10.1. The van der Waals surface area contributed by atoms with E-state index in [9.17, 15) is 22.8 Å². The van der Waals surface area contributed by atoms with Gasteiger partial charge in [-0.2, -0.15) is 13.2 Å². The smallest absolute Gasteiger partial charge is 0.291 e. The van der Waals surface area contributed by atoms with Crippen molar-refractivity contribution in [2.24, 2.45) is 0 Å². The number of halogens is 4. The number of hydrogen-bond donors (Lipinski definition) is 0. The second kappa shape index (κ2) is 4.44. The van der Waals surface area contributed by atoms with E-state index < -0.39 is 22.6 Å². The van der Waals surface area contributed by atoms with Crippen molar-refractivity contribution in [1.29, 1.82) is 0 Å². The van der Waals surface area contributed by atoms with Crippen LogP contribution in [0.1, 0.15) is 9.67 Å². The third-order valence-electron chi connectivity index (χ3n) is 1.50. The first kappa shape index (κ1) is 12.4. The maximum Gasteiger partial charge on any atom is 0.451 e. The van der Waals surface area contributed by atoms with Crippen molar-refractivity contribution in [2.75, 3.05) is 0 Å². The van der Waals surface area contributed by atoms with Crippen LogP contribution in [-0.2, 0) is 4.79 Å². The second-order valence-corrected chi connectivity index (χ2v) is 4.43. The number of hydrogen-bond acceptors (Lipinski definition) is 3. The summed E-state index contributed by atoms with van der Waals surface area (Å²) in [6, 6.07) is 2.89. The van der Waals surface area contributed by atoms with E-state index in [-0.39, 0.29) is 4.88 Å². The molecule has 0 aliphatic rings. The van der Waals surface area contributed by atoms with Gasteiger partial charge in [-0.3, -0.25) is 9.59 Å². The molecule has 0 aliphatic carbocycles. The van der Waals surface area contributed by atoms with Crippen molar-refractivity contribution in [2.45, 2.75) is 11.0 Å². The molecule has 1 atom stereocenters. The molecule has 0 spiro atoms. The molecule has 1 heterocycles. The molecule has 0 amide bonds. The maximum atomic E-state index is 12.0. The van der Waals surface area contributed by atoms with Gasteiger partial charge in [-0.25, -0.2) is 0 Å². The maximum absolute atomic E-state index is 12.0. The summed E-state index contributed by atoms with van der Waals surface area (Å²) in [4.78, 5) is 20.3. The first-order valence-corrected chi connectivity index (χ1v) is 5.46. The number of carbonyl (C=O) groups is 2. The van der Waals surface area contributed by atoms with Gasteiger partial charge in [0.2, 0.25) is 0 Å². The Kier molecular flexibility index (Phi) is 3.67. The number of ketones is 2. The van der Waals surface area contributed by atoms with Gasteiger partial charge in [-0.05, 0) is 11.4 Å². The fraction of sp³-hybridized carbons (Fsp3) is 0.250. The Balaban J connectivity index is 2.83. The lowest BCUT2D eigenvalue weighted by Crippen LogP contribution is -2.35. The van der Waals surface area contributed by atoms with Crippen LogP contribution in [-0.4, -0.2) is 22.6 Å². The van der Waals surface area contributed by atoms with Gasteiger partial charge in [0.1, 0.15) is 4.83 Å². The first-order valence-electron chi connectivity index (χ1n) is 3.67. The summed E-state index contributed by atoms with van der Waals surface area (Å²) in [5, 5.41) is 1.55. The third-order valence-corrected chi connectivity index (χ3v) is 3.22. The van der Waals surface area contributed by atoms with E-state index in [1.165, 1.54) is 12.1 Å². The molecule has 0 bridgehead atoms. The molecular formula is C8H4BrF3O2S.